The van der Waals surface area contributed by atoms with Crippen LogP contribution in [0.5, 0.6) is 0 Å². The molecule has 1 aromatic rings. The van der Waals surface area contributed by atoms with Crippen LogP contribution in [0.3, 0.4) is 0 Å². The van der Waals surface area contributed by atoms with Crippen LogP contribution in [-0.4, -0.2) is 29.6 Å². The number of halogens is 1. The Labute approximate surface area is 132 Å². The van der Waals surface area contributed by atoms with Crippen LogP contribution in [0.2, 0.25) is 0 Å². The number of allylic oxidation sites excluding steroid dienone is 2. The van der Waals surface area contributed by atoms with Crippen molar-refractivity contribution in [2.24, 2.45) is 0 Å². The Morgan fingerprint density at radius 3 is 2.32 bits per heavy atom. The third-order valence-electron chi connectivity index (χ3n) is 3.94. The van der Waals surface area contributed by atoms with Crippen LogP contribution in [0.4, 0.5) is 4.39 Å². The number of benzene rings is 1. The second-order valence-corrected chi connectivity index (χ2v) is 5.70. The average Bonchev–Trinajstić information content (AvgIpc) is 2.55. The molecule has 0 fully saturated rings. The van der Waals surface area contributed by atoms with Crippen LogP contribution in [0.15, 0.2) is 54.1 Å². The van der Waals surface area contributed by atoms with Crippen molar-refractivity contribution in [3.05, 3.63) is 59.7 Å². The molecule has 1 aromatic carbocycles. The van der Waals surface area contributed by atoms with Crippen LogP contribution < -0.4 is 0 Å². The summed E-state index contributed by atoms with van der Waals surface area (Å²) in [5, 5.41) is 0. The van der Waals surface area contributed by atoms with Gasteiger partial charge in [0.05, 0.1) is 0 Å². The Kier molecular flexibility index (Phi) is 5.67. The van der Waals surface area contributed by atoms with E-state index in [0.717, 1.165) is 25.9 Å². The SMILES string of the molecule is CCCN(CCC)C1(F)C=CC(C(=O)c2ccccc2)=CC1. The fraction of sp³-hybridized carbons (Fsp3) is 0.421. The van der Waals surface area contributed by atoms with Gasteiger partial charge in [0.15, 0.2) is 11.6 Å². The van der Waals surface area contributed by atoms with E-state index in [1.54, 1.807) is 30.4 Å². The van der Waals surface area contributed by atoms with Crippen molar-refractivity contribution in [2.45, 2.75) is 38.9 Å². The zero-order valence-corrected chi connectivity index (χ0v) is 13.4. The predicted molar refractivity (Wildman–Crippen MR) is 88.6 cm³/mol. The van der Waals surface area contributed by atoms with Crippen molar-refractivity contribution in [2.75, 3.05) is 13.1 Å². The summed E-state index contributed by atoms with van der Waals surface area (Å²) in [4.78, 5) is 14.2. The topological polar surface area (TPSA) is 20.3 Å². The molecule has 2 nitrogen and oxygen atoms in total. The fourth-order valence-electron chi connectivity index (χ4n) is 2.79. The maximum atomic E-state index is 15.1. The number of carbonyl (C=O) groups excluding carboxylic acids is 1. The van der Waals surface area contributed by atoms with Gasteiger partial charge in [-0.15, -0.1) is 0 Å². The number of hydrogen-bond donors (Lipinski definition) is 0. The number of Topliss-reactive ketones (excluding diaryl/α,β-unsaturated/α-hetero) is 1. The molecule has 0 bridgehead atoms. The maximum Gasteiger partial charge on any atom is 0.192 e. The van der Waals surface area contributed by atoms with E-state index in [1.165, 1.54) is 0 Å². The number of ketones is 1. The smallest absolute Gasteiger partial charge is 0.192 e. The zero-order valence-electron chi connectivity index (χ0n) is 13.4. The Morgan fingerprint density at radius 2 is 1.82 bits per heavy atom. The van der Waals surface area contributed by atoms with Gasteiger partial charge in [-0.25, -0.2) is 4.39 Å². The van der Waals surface area contributed by atoms with E-state index in [0.29, 0.717) is 11.1 Å². The maximum absolute atomic E-state index is 15.1. The lowest BCUT2D eigenvalue weighted by Crippen LogP contribution is -2.45. The van der Waals surface area contributed by atoms with Gasteiger partial charge in [0.1, 0.15) is 0 Å². The van der Waals surface area contributed by atoms with Gasteiger partial charge < -0.3 is 0 Å². The van der Waals surface area contributed by atoms with Gasteiger partial charge in [0.2, 0.25) is 0 Å². The van der Waals surface area contributed by atoms with Crippen LogP contribution in [0, 0.1) is 0 Å². The highest BCUT2D eigenvalue weighted by molar-refractivity contribution is 6.10. The lowest BCUT2D eigenvalue weighted by Gasteiger charge is -2.36. The normalized spacial score (nSPS) is 21.0. The summed E-state index contributed by atoms with van der Waals surface area (Å²) in [6.45, 7) is 5.56. The Hall–Kier alpha value is -1.74. The van der Waals surface area contributed by atoms with E-state index in [4.69, 9.17) is 0 Å². The molecule has 118 valence electrons. The van der Waals surface area contributed by atoms with Gasteiger partial charge in [0, 0.05) is 30.6 Å². The summed E-state index contributed by atoms with van der Waals surface area (Å²) in [5.41, 5.74) is 1.22. The highest BCUT2D eigenvalue weighted by Crippen LogP contribution is 2.30. The van der Waals surface area contributed by atoms with Crippen molar-refractivity contribution in [1.82, 2.24) is 4.90 Å². The van der Waals surface area contributed by atoms with E-state index in [2.05, 4.69) is 13.8 Å². The van der Waals surface area contributed by atoms with E-state index in [9.17, 15) is 4.79 Å². The second kappa shape index (κ2) is 7.50. The molecule has 0 spiro atoms. The molecule has 0 aromatic heterocycles. The quantitative estimate of drug-likeness (QED) is 0.544. The summed E-state index contributed by atoms with van der Waals surface area (Å²) in [6.07, 6.45) is 6.98. The number of nitrogens with zero attached hydrogens (tertiary/aromatic N) is 1. The monoisotopic (exact) mass is 301 g/mol. The molecule has 3 heteroatoms. The first-order chi connectivity index (χ1) is 10.6. The molecule has 0 heterocycles. The Bertz CT molecular complexity index is 558. The molecular weight excluding hydrogens is 277 g/mol. The zero-order chi connectivity index (χ0) is 16.0. The van der Waals surface area contributed by atoms with E-state index in [1.807, 2.05) is 23.1 Å². The van der Waals surface area contributed by atoms with Crippen LogP contribution >= 0.6 is 0 Å². The minimum Gasteiger partial charge on any atom is -0.289 e. The largest absolute Gasteiger partial charge is 0.289 e. The third-order valence-corrected chi connectivity index (χ3v) is 3.94. The van der Waals surface area contributed by atoms with Gasteiger partial charge in [0.25, 0.3) is 0 Å². The van der Waals surface area contributed by atoms with Gasteiger partial charge in [-0.3, -0.25) is 9.69 Å². The Morgan fingerprint density at radius 1 is 1.18 bits per heavy atom. The molecule has 0 amide bonds. The molecule has 0 N–H and O–H groups in total. The van der Waals surface area contributed by atoms with Gasteiger partial charge >= 0.3 is 0 Å². The van der Waals surface area contributed by atoms with Gasteiger partial charge in [-0.2, -0.15) is 0 Å². The number of hydrogen-bond acceptors (Lipinski definition) is 2. The van der Waals surface area contributed by atoms with Crippen molar-refractivity contribution in [3.8, 4) is 0 Å². The second-order valence-electron chi connectivity index (χ2n) is 5.70. The summed E-state index contributed by atoms with van der Waals surface area (Å²) in [7, 11) is 0. The first kappa shape index (κ1) is 16.6. The first-order valence-corrected chi connectivity index (χ1v) is 8.04. The minimum absolute atomic E-state index is 0.0450. The van der Waals surface area contributed by atoms with E-state index >= 15 is 4.39 Å². The number of carbonyl (C=O) groups is 1. The third kappa shape index (κ3) is 3.72. The molecule has 0 saturated heterocycles. The molecule has 1 aliphatic rings. The molecule has 0 radical (unpaired) electrons. The van der Waals surface area contributed by atoms with Crippen molar-refractivity contribution in [3.63, 3.8) is 0 Å². The molecular formula is C19H24FNO. The molecule has 1 atom stereocenters. The standard InChI is InChI=1S/C19H24FNO/c1-3-14-21(15-4-2)19(20)12-10-17(11-13-19)18(22)16-8-6-5-7-9-16/h5-12H,3-4,13-15H2,1-2H3. The van der Waals surface area contributed by atoms with Crippen LogP contribution in [-0.2, 0) is 0 Å². The molecule has 22 heavy (non-hydrogen) atoms. The van der Waals surface area contributed by atoms with Gasteiger partial charge in [-0.05, 0) is 18.9 Å². The van der Waals surface area contributed by atoms with E-state index < -0.39 is 5.79 Å². The highest BCUT2D eigenvalue weighted by Gasteiger charge is 2.34. The summed E-state index contributed by atoms with van der Waals surface area (Å²) in [5.74, 6) is -1.51. The molecule has 2 rings (SSSR count). The van der Waals surface area contributed by atoms with Crippen molar-refractivity contribution >= 4 is 5.78 Å². The predicted octanol–water partition coefficient (Wildman–Crippen LogP) is 4.54. The summed E-state index contributed by atoms with van der Waals surface area (Å²) < 4.78 is 15.1. The molecule has 0 saturated carbocycles. The summed E-state index contributed by atoms with van der Waals surface area (Å²) in [6, 6.07) is 9.12. The lowest BCUT2D eigenvalue weighted by molar-refractivity contribution is 0.00973. The van der Waals surface area contributed by atoms with Gasteiger partial charge in [-0.1, -0.05) is 56.3 Å². The van der Waals surface area contributed by atoms with Crippen LogP contribution in [0.1, 0.15) is 43.5 Å². The summed E-state index contributed by atoms with van der Waals surface area (Å²) >= 11 is 0. The Balaban J connectivity index is 2.12. The number of alkyl halides is 1. The fourth-order valence-corrected chi connectivity index (χ4v) is 2.79. The average molecular weight is 301 g/mol. The van der Waals surface area contributed by atoms with Crippen molar-refractivity contribution in [1.29, 1.82) is 0 Å². The van der Waals surface area contributed by atoms with E-state index in [-0.39, 0.29) is 12.2 Å². The minimum atomic E-state index is -1.47. The first-order valence-electron chi connectivity index (χ1n) is 8.04. The molecule has 1 unspecified atom stereocenters. The number of rotatable bonds is 7. The molecule has 0 aliphatic heterocycles. The molecule has 1 aliphatic carbocycles. The lowest BCUT2D eigenvalue weighted by atomic mass is 9.94. The van der Waals surface area contributed by atoms with Crippen LogP contribution in [0.25, 0.3) is 0 Å². The van der Waals surface area contributed by atoms with Crippen molar-refractivity contribution < 1.29 is 9.18 Å². The highest BCUT2D eigenvalue weighted by atomic mass is 19.1.